The summed E-state index contributed by atoms with van der Waals surface area (Å²) < 4.78 is 5.29. The van der Waals surface area contributed by atoms with Crippen LogP contribution in [-0.2, 0) is 9.53 Å². The zero-order chi connectivity index (χ0) is 13.0. The second-order valence-electron chi connectivity index (χ2n) is 6.85. The summed E-state index contributed by atoms with van der Waals surface area (Å²) in [5.41, 5.74) is 0.126. The lowest BCUT2D eigenvalue weighted by atomic mass is 9.72. The first-order chi connectivity index (χ1) is 7.08. The van der Waals surface area contributed by atoms with Gasteiger partial charge in [-0.15, -0.1) is 0 Å². The van der Waals surface area contributed by atoms with Gasteiger partial charge in [0, 0.05) is 0 Å². The van der Waals surface area contributed by atoms with E-state index < -0.39 is 0 Å². The molecule has 0 aliphatic heterocycles. The second kappa shape index (κ2) is 5.70. The Morgan fingerprint density at radius 1 is 1.12 bits per heavy atom. The van der Waals surface area contributed by atoms with Gasteiger partial charge in [0.1, 0.15) is 0 Å². The van der Waals surface area contributed by atoms with Crippen LogP contribution in [0.5, 0.6) is 0 Å². The minimum atomic E-state index is -0.0377. The van der Waals surface area contributed by atoms with Crippen molar-refractivity contribution in [1.82, 2.24) is 0 Å². The molecule has 0 saturated carbocycles. The van der Waals surface area contributed by atoms with E-state index in [-0.39, 0.29) is 22.7 Å². The minimum absolute atomic E-state index is 0.0148. The normalized spacial score (nSPS) is 14.7. The molecule has 96 valence electrons. The van der Waals surface area contributed by atoms with E-state index in [9.17, 15) is 4.79 Å². The van der Waals surface area contributed by atoms with Crippen molar-refractivity contribution in [3.8, 4) is 0 Å². The van der Waals surface area contributed by atoms with Crippen LogP contribution in [0.1, 0.15) is 61.3 Å². The van der Waals surface area contributed by atoms with Gasteiger partial charge in [-0.25, -0.2) is 0 Å². The van der Waals surface area contributed by atoms with Gasteiger partial charge < -0.3 is 4.74 Å². The molecule has 0 aliphatic carbocycles. The smallest absolute Gasteiger partial charge is 0.309 e. The van der Waals surface area contributed by atoms with E-state index in [0.29, 0.717) is 6.61 Å². The Balaban J connectivity index is 4.62. The van der Waals surface area contributed by atoms with Crippen molar-refractivity contribution in [3.63, 3.8) is 0 Å². The van der Waals surface area contributed by atoms with Gasteiger partial charge in [0.25, 0.3) is 0 Å². The van der Waals surface area contributed by atoms with Gasteiger partial charge in [0.15, 0.2) is 0 Å². The molecule has 0 aliphatic rings. The van der Waals surface area contributed by atoms with Crippen molar-refractivity contribution in [1.29, 1.82) is 0 Å². The van der Waals surface area contributed by atoms with Crippen LogP contribution in [0.25, 0.3) is 0 Å². The van der Waals surface area contributed by atoms with Crippen molar-refractivity contribution < 1.29 is 9.53 Å². The molecule has 0 fully saturated rings. The van der Waals surface area contributed by atoms with Gasteiger partial charge in [0.2, 0.25) is 0 Å². The highest BCUT2D eigenvalue weighted by Gasteiger charge is 2.35. The van der Waals surface area contributed by atoms with Crippen molar-refractivity contribution in [2.75, 3.05) is 6.61 Å². The molecule has 0 aromatic rings. The van der Waals surface area contributed by atoms with Gasteiger partial charge in [-0.2, -0.15) is 0 Å². The number of ether oxygens (including phenoxy) is 1. The third-order valence-electron chi connectivity index (χ3n) is 2.59. The molecule has 0 aromatic heterocycles. The summed E-state index contributed by atoms with van der Waals surface area (Å²) >= 11 is 0. The van der Waals surface area contributed by atoms with E-state index in [1.165, 1.54) is 0 Å². The van der Waals surface area contributed by atoms with Gasteiger partial charge >= 0.3 is 5.97 Å². The minimum Gasteiger partial charge on any atom is -0.465 e. The molecule has 0 N–H and O–H groups in total. The molecule has 0 aromatic carbocycles. The first-order valence-corrected chi connectivity index (χ1v) is 6.24. The molecule has 0 rings (SSSR count). The predicted molar refractivity (Wildman–Crippen MR) is 68.3 cm³/mol. The summed E-state index contributed by atoms with van der Waals surface area (Å²) in [7, 11) is 0. The largest absolute Gasteiger partial charge is 0.465 e. The maximum absolute atomic E-state index is 12.0. The van der Waals surface area contributed by atoms with Crippen molar-refractivity contribution in [2.24, 2.45) is 16.7 Å². The van der Waals surface area contributed by atoms with Crippen LogP contribution >= 0.6 is 0 Å². The maximum Gasteiger partial charge on any atom is 0.309 e. The van der Waals surface area contributed by atoms with Gasteiger partial charge in [-0.05, 0) is 23.7 Å². The van der Waals surface area contributed by atoms with E-state index in [4.69, 9.17) is 4.74 Å². The van der Waals surface area contributed by atoms with Crippen LogP contribution in [0.2, 0.25) is 0 Å². The monoisotopic (exact) mass is 228 g/mol. The SMILES string of the molecule is CCCOC(=O)C(CC(C)(C)C)C(C)(C)C. The predicted octanol–water partition coefficient (Wildman–Crippen LogP) is 4.04. The van der Waals surface area contributed by atoms with Crippen molar-refractivity contribution in [3.05, 3.63) is 0 Å². The molecule has 0 amide bonds. The second-order valence-corrected chi connectivity index (χ2v) is 6.85. The average Bonchev–Trinajstić information content (AvgIpc) is 2.07. The third-order valence-corrected chi connectivity index (χ3v) is 2.59. The third kappa shape index (κ3) is 6.14. The fourth-order valence-corrected chi connectivity index (χ4v) is 1.66. The fourth-order valence-electron chi connectivity index (χ4n) is 1.66. The first kappa shape index (κ1) is 15.5. The molecule has 0 heterocycles. The summed E-state index contributed by atoms with van der Waals surface area (Å²) in [5.74, 6) is -0.0525. The van der Waals surface area contributed by atoms with Crippen LogP contribution in [-0.4, -0.2) is 12.6 Å². The number of esters is 1. The van der Waals surface area contributed by atoms with Crippen molar-refractivity contribution >= 4 is 5.97 Å². The molecule has 2 heteroatoms. The highest BCUT2D eigenvalue weighted by molar-refractivity contribution is 5.73. The zero-order valence-electron chi connectivity index (χ0n) is 12.0. The highest BCUT2D eigenvalue weighted by atomic mass is 16.5. The van der Waals surface area contributed by atoms with Crippen LogP contribution in [0.3, 0.4) is 0 Å². The fraction of sp³-hybridized carbons (Fsp3) is 0.929. The van der Waals surface area contributed by atoms with Crippen LogP contribution < -0.4 is 0 Å². The van der Waals surface area contributed by atoms with E-state index >= 15 is 0 Å². The molecule has 16 heavy (non-hydrogen) atoms. The Morgan fingerprint density at radius 3 is 1.94 bits per heavy atom. The molecule has 0 spiro atoms. The Kier molecular flexibility index (Phi) is 5.51. The zero-order valence-corrected chi connectivity index (χ0v) is 12.0. The highest BCUT2D eigenvalue weighted by Crippen LogP contribution is 2.36. The molecular weight excluding hydrogens is 200 g/mol. The average molecular weight is 228 g/mol. The molecule has 1 atom stereocenters. The Hall–Kier alpha value is -0.530. The number of hydrogen-bond donors (Lipinski definition) is 0. The summed E-state index contributed by atoms with van der Waals surface area (Å²) in [5, 5.41) is 0. The van der Waals surface area contributed by atoms with E-state index in [0.717, 1.165) is 12.8 Å². The molecule has 1 unspecified atom stereocenters. The van der Waals surface area contributed by atoms with Gasteiger partial charge in [-0.1, -0.05) is 48.5 Å². The van der Waals surface area contributed by atoms with Gasteiger partial charge in [-0.3, -0.25) is 4.79 Å². The lowest BCUT2D eigenvalue weighted by Gasteiger charge is -2.33. The molecule has 2 nitrogen and oxygen atoms in total. The lowest BCUT2D eigenvalue weighted by molar-refractivity contribution is -0.154. The van der Waals surface area contributed by atoms with E-state index in [1.807, 2.05) is 6.92 Å². The quantitative estimate of drug-likeness (QED) is 0.679. The van der Waals surface area contributed by atoms with Crippen LogP contribution in [0.15, 0.2) is 0 Å². The maximum atomic E-state index is 12.0. The van der Waals surface area contributed by atoms with Crippen LogP contribution in [0, 0.1) is 16.7 Å². The summed E-state index contributed by atoms with van der Waals surface area (Å²) in [6, 6.07) is 0. The summed E-state index contributed by atoms with van der Waals surface area (Å²) in [6.07, 6.45) is 1.76. The first-order valence-electron chi connectivity index (χ1n) is 6.24. The molecule has 0 radical (unpaired) electrons. The number of carbonyl (C=O) groups is 1. The molecule has 0 saturated heterocycles. The molecule has 0 bridgehead atoms. The Morgan fingerprint density at radius 2 is 1.62 bits per heavy atom. The number of rotatable bonds is 4. The summed E-state index contributed by atoms with van der Waals surface area (Å²) in [4.78, 5) is 12.0. The Bertz CT molecular complexity index is 218. The van der Waals surface area contributed by atoms with E-state index in [1.54, 1.807) is 0 Å². The number of carbonyl (C=O) groups excluding carboxylic acids is 1. The van der Waals surface area contributed by atoms with Crippen LogP contribution in [0.4, 0.5) is 0 Å². The molecular formula is C14H28O2. The van der Waals surface area contributed by atoms with Crippen molar-refractivity contribution in [2.45, 2.75) is 61.3 Å². The topological polar surface area (TPSA) is 26.3 Å². The Labute approximate surface area is 101 Å². The standard InChI is InChI=1S/C14H28O2/c1-8-9-16-12(15)11(14(5,6)7)10-13(2,3)4/h11H,8-10H2,1-7H3. The summed E-state index contributed by atoms with van der Waals surface area (Å²) in [6.45, 7) is 15.4. The van der Waals surface area contributed by atoms with E-state index in [2.05, 4.69) is 41.5 Å². The van der Waals surface area contributed by atoms with Gasteiger partial charge in [0.05, 0.1) is 12.5 Å². The lowest BCUT2D eigenvalue weighted by Crippen LogP contribution is -2.33. The number of hydrogen-bond acceptors (Lipinski definition) is 2.